The first-order valence-electron chi connectivity index (χ1n) is 23.4. The van der Waals surface area contributed by atoms with E-state index in [0.29, 0.717) is 25.0 Å². The second-order valence-corrected chi connectivity index (χ2v) is 16.3. The molecule has 2 aromatic carbocycles. The fourth-order valence-corrected chi connectivity index (χ4v) is 7.19. The summed E-state index contributed by atoms with van der Waals surface area (Å²) in [7, 11) is 0. The van der Waals surface area contributed by atoms with E-state index < -0.39 is 24.1 Å². The molecule has 0 aliphatic carbocycles. The van der Waals surface area contributed by atoms with E-state index in [4.69, 9.17) is 19.7 Å². The molecule has 2 aromatic rings. The van der Waals surface area contributed by atoms with Gasteiger partial charge in [0.2, 0.25) is 0 Å². The number of aliphatic hydroxyl groups excluding tert-OH is 2. The van der Waals surface area contributed by atoms with E-state index in [9.17, 15) is 19.8 Å². The molecule has 4 atom stereocenters. The summed E-state index contributed by atoms with van der Waals surface area (Å²) < 4.78 is 12.4. The van der Waals surface area contributed by atoms with Crippen LogP contribution in [-0.4, -0.2) is 95.4 Å². The van der Waals surface area contributed by atoms with Gasteiger partial charge in [-0.05, 0) is 49.7 Å². The number of carboxylic acids is 2. The van der Waals surface area contributed by atoms with Crippen molar-refractivity contribution in [1.29, 1.82) is 0 Å². The van der Waals surface area contributed by atoms with Crippen LogP contribution >= 0.6 is 0 Å². The van der Waals surface area contributed by atoms with Crippen LogP contribution in [0.25, 0.3) is 0 Å². The van der Waals surface area contributed by atoms with E-state index in [1.165, 1.54) is 114 Å². The molecule has 0 heterocycles. The molecular formula is C50H82BaO8. The largest absolute Gasteiger partial charge is 2.00 e. The zero-order valence-electron chi connectivity index (χ0n) is 37.3. The van der Waals surface area contributed by atoms with E-state index in [2.05, 4.69) is 62.4 Å². The fourth-order valence-electron chi connectivity index (χ4n) is 7.19. The Labute approximate surface area is 400 Å². The predicted molar refractivity (Wildman–Crippen MR) is 238 cm³/mol. The quantitative estimate of drug-likeness (QED) is 0.0501. The third-order valence-electron chi connectivity index (χ3n) is 11.0. The maximum atomic E-state index is 10.4. The van der Waals surface area contributed by atoms with E-state index in [1.807, 2.05) is 12.1 Å². The summed E-state index contributed by atoms with van der Waals surface area (Å²) in [5, 5.41) is 39.1. The second kappa shape index (κ2) is 42.1. The Morgan fingerprint density at radius 2 is 0.695 bits per heavy atom. The van der Waals surface area contributed by atoms with E-state index in [-0.39, 0.29) is 48.9 Å². The molecule has 0 saturated heterocycles. The Balaban J connectivity index is 0.00000112. The van der Waals surface area contributed by atoms with E-state index >= 15 is 0 Å². The molecule has 4 unspecified atom stereocenters. The standard InChI is InChI=1S/2C25H42O4.Ba/c2*1-2-3-18-23(29-21-22-16-12-11-13-17-22)19-14-9-7-5-4-6-8-10-15-20-24(26)25(27)28;/h2*11-13,16-17,23-24,26H,2-10,14-15,18-21H2,1H3,(H,27,28);/q;;+2/p-2. The SMILES string of the molecule is CCCCC(CCCCCCCCCCCC(O)C(=O)[O-])OCc1ccccc1.CCCCC(CCCCCCCCCCCC(O)C(=O)[O-])OCc1ccccc1.[Ba+2]. The van der Waals surface area contributed by atoms with E-state index in [0.717, 1.165) is 77.4 Å². The minimum Gasteiger partial charge on any atom is -0.547 e. The van der Waals surface area contributed by atoms with Gasteiger partial charge in [0, 0.05) is 0 Å². The van der Waals surface area contributed by atoms with Gasteiger partial charge in [0.05, 0.1) is 49.6 Å². The molecule has 332 valence electrons. The van der Waals surface area contributed by atoms with Crippen molar-refractivity contribution in [2.24, 2.45) is 0 Å². The number of hydrogen-bond acceptors (Lipinski definition) is 8. The Bertz CT molecular complexity index is 1110. The molecule has 0 spiro atoms. The van der Waals surface area contributed by atoms with Gasteiger partial charge in [0.1, 0.15) is 0 Å². The number of aliphatic carboxylic acids is 2. The van der Waals surface area contributed by atoms with Gasteiger partial charge >= 0.3 is 48.9 Å². The Morgan fingerprint density at radius 1 is 0.441 bits per heavy atom. The van der Waals surface area contributed by atoms with Crippen molar-refractivity contribution >= 4 is 60.8 Å². The molecule has 2 rings (SSSR count). The second-order valence-electron chi connectivity index (χ2n) is 16.3. The van der Waals surface area contributed by atoms with Gasteiger partial charge in [-0.3, -0.25) is 0 Å². The Kier molecular flexibility index (Phi) is 41.2. The first kappa shape index (κ1) is 57.8. The maximum Gasteiger partial charge on any atom is 2.00 e. The first-order valence-corrected chi connectivity index (χ1v) is 23.4. The summed E-state index contributed by atoms with van der Waals surface area (Å²) in [5.41, 5.74) is 2.51. The number of carboxylic acid groups (broad SMARTS) is 2. The summed E-state index contributed by atoms with van der Waals surface area (Å²) in [5.74, 6) is -2.71. The summed E-state index contributed by atoms with van der Waals surface area (Å²) in [6, 6.07) is 20.9. The molecule has 0 bridgehead atoms. The molecule has 0 aliphatic heterocycles. The minimum atomic E-state index is -1.35. The van der Waals surface area contributed by atoms with E-state index in [1.54, 1.807) is 0 Å². The van der Waals surface area contributed by atoms with Crippen LogP contribution in [0.5, 0.6) is 0 Å². The summed E-state index contributed by atoms with van der Waals surface area (Å²) in [4.78, 5) is 20.8. The molecule has 0 aromatic heterocycles. The molecule has 0 aliphatic rings. The maximum absolute atomic E-state index is 10.4. The van der Waals surface area contributed by atoms with Crippen LogP contribution in [0.4, 0.5) is 0 Å². The van der Waals surface area contributed by atoms with Crippen molar-refractivity contribution in [2.45, 2.75) is 231 Å². The van der Waals surface area contributed by atoms with Crippen molar-refractivity contribution in [3.8, 4) is 0 Å². The molecular weight excluding hydrogens is 866 g/mol. The average Bonchev–Trinajstić information content (AvgIpc) is 3.23. The smallest absolute Gasteiger partial charge is 0.547 e. The first-order chi connectivity index (χ1) is 28.3. The van der Waals surface area contributed by atoms with Crippen molar-refractivity contribution in [1.82, 2.24) is 0 Å². The predicted octanol–water partition coefficient (Wildman–Crippen LogP) is 9.95. The Hall–Kier alpha value is -1.21. The number of carbonyl (C=O) groups excluding carboxylic acids is 2. The third kappa shape index (κ3) is 36.0. The zero-order valence-corrected chi connectivity index (χ0v) is 41.8. The molecule has 0 fully saturated rings. The van der Waals surface area contributed by atoms with Crippen LogP contribution in [0.2, 0.25) is 0 Å². The van der Waals surface area contributed by atoms with Crippen molar-refractivity contribution in [2.75, 3.05) is 0 Å². The number of ether oxygens (including phenoxy) is 2. The normalized spacial score (nSPS) is 13.1. The van der Waals surface area contributed by atoms with Gasteiger partial charge in [-0.15, -0.1) is 0 Å². The van der Waals surface area contributed by atoms with Crippen molar-refractivity contribution in [3.63, 3.8) is 0 Å². The van der Waals surface area contributed by atoms with Gasteiger partial charge in [-0.2, -0.15) is 0 Å². The molecule has 0 amide bonds. The van der Waals surface area contributed by atoms with Crippen LogP contribution in [0, 0.1) is 0 Å². The molecule has 59 heavy (non-hydrogen) atoms. The van der Waals surface area contributed by atoms with Crippen molar-refractivity contribution < 1.29 is 39.5 Å². The number of benzene rings is 2. The number of carbonyl (C=O) groups is 2. The topological polar surface area (TPSA) is 139 Å². The number of aliphatic hydroxyl groups is 2. The van der Waals surface area contributed by atoms with Gasteiger partial charge < -0.3 is 39.5 Å². The molecule has 9 heteroatoms. The molecule has 0 radical (unpaired) electrons. The number of unbranched alkanes of at least 4 members (excludes halogenated alkanes) is 18. The minimum absolute atomic E-state index is 0. The monoisotopic (exact) mass is 949 g/mol. The van der Waals surface area contributed by atoms with Crippen LogP contribution < -0.4 is 10.2 Å². The fraction of sp³-hybridized carbons (Fsp3) is 0.720. The van der Waals surface area contributed by atoms with Gasteiger partial charge in [-0.25, -0.2) is 0 Å². The van der Waals surface area contributed by atoms with Crippen LogP contribution in [-0.2, 0) is 32.3 Å². The number of hydrogen-bond donors (Lipinski definition) is 2. The molecule has 0 saturated carbocycles. The third-order valence-corrected chi connectivity index (χ3v) is 11.0. The summed E-state index contributed by atoms with van der Waals surface area (Å²) in [6.45, 7) is 5.91. The average molecular weight is 949 g/mol. The zero-order chi connectivity index (χ0) is 42.3. The van der Waals surface area contributed by atoms with Gasteiger partial charge in [0.25, 0.3) is 0 Å². The molecule has 8 nitrogen and oxygen atoms in total. The number of rotatable bonds is 38. The van der Waals surface area contributed by atoms with Gasteiger partial charge in [0.15, 0.2) is 0 Å². The van der Waals surface area contributed by atoms with Crippen LogP contribution in [0.3, 0.4) is 0 Å². The Morgan fingerprint density at radius 3 is 0.966 bits per heavy atom. The molecule has 2 N–H and O–H groups in total. The summed E-state index contributed by atoms with van der Waals surface area (Å²) in [6.07, 6.45) is 29.1. The van der Waals surface area contributed by atoms with Crippen LogP contribution in [0.1, 0.15) is 205 Å². The summed E-state index contributed by atoms with van der Waals surface area (Å²) >= 11 is 0. The van der Waals surface area contributed by atoms with Crippen LogP contribution in [0.15, 0.2) is 60.7 Å². The van der Waals surface area contributed by atoms with Gasteiger partial charge in [-0.1, -0.05) is 216 Å². The van der Waals surface area contributed by atoms with Crippen molar-refractivity contribution in [3.05, 3.63) is 71.8 Å².